The van der Waals surface area contributed by atoms with Crippen molar-refractivity contribution in [3.8, 4) is 5.75 Å². The number of aliphatic hydroxyl groups excluding tert-OH is 1. The molecule has 2 atom stereocenters. The van der Waals surface area contributed by atoms with Crippen LogP contribution in [0.1, 0.15) is 24.8 Å². The summed E-state index contributed by atoms with van der Waals surface area (Å²) in [5.41, 5.74) is 0.697. The summed E-state index contributed by atoms with van der Waals surface area (Å²) in [7, 11) is 0. The van der Waals surface area contributed by atoms with Gasteiger partial charge in [-0.25, -0.2) is 0 Å². The molecule has 1 aromatic rings. The number of benzene rings is 1. The van der Waals surface area contributed by atoms with E-state index in [4.69, 9.17) is 14.2 Å². The average Bonchev–Trinajstić information content (AvgIpc) is 2.87. The summed E-state index contributed by atoms with van der Waals surface area (Å²) in [4.78, 5) is 0. The summed E-state index contributed by atoms with van der Waals surface area (Å²) in [5, 5.41) is 9.33. The molecule has 4 heteroatoms. The van der Waals surface area contributed by atoms with E-state index in [9.17, 15) is 5.11 Å². The van der Waals surface area contributed by atoms with Gasteiger partial charge in [-0.15, -0.1) is 0 Å². The molecule has 0 amide bonds. The molecule has 2 saturated heterocycles. The predicted octanol–water partition coefficient (Wildman–Crippen LogP) is 1.90. The minimum absolute atomic E-state index is 0.00759. The molecule has 0 saturated carbocycles. The van der Waals surface area contributed by atoms with E-state index in [0.717, 1.165) is 43.8 Å². The van der Waals surface area contributed by atoms with Gasteiger partial charge < -0.3 is 19.3 Å². The maximum Gasteiger partial charge on any atom is 0.125 e. The van der Waals surface area contributed by atoms with Crippen LogP contribution in [0.4, 0.5) is 0 Å². The van der Waals surface area contributed by atoms with Crippen LogP contribution in [0.2, 0.25) is 0 Å². The van der Waals surface area contributed by atoms with E-state index in [1.807, 2.05) is 24.3 Å². The molecule has 104 valence electrons. The van der Waals surface area contributed by atoms with E-state index < -0.39 is 0 Å². The molecule has 2 heterocycles. The Morgan fingerprint density at radius 1 is 1.32 bits per heavy atom. The van der Waals surface area contributed by atoms with Crippen LogP contribution < -0.4 is 4.74 Å². The molecule has 0 aromatic heterocycles. The van der Waals surface area contributed by atoms with Crippen LogP contribution in [0, 0.1) is 0 Å². The summed E-state index contributed by atoms with van der Waals surface area (Å²) in [6, 6.07) is 7.65. The van der Waals surface area contributed by atoms with E-state index in [-0.39, 0.29) is 18.3 Å². The van der Waals surface area contributed by atoms with Crippen LogP contribution in [0.25, 0.3) is 0 Å². The highest BCUT2D eigenvalue weighted by molar-refractivity contribution is 5.32. The molecular weight excluding hydrogens is 244 g/mol. The summed E-state index contributed by atoms with van der Waals surface area (Å²) >= 11 is 0. The van der Waals surface area contributed by atoms with E-state index in [1.165, 1.54) is 0 Å². The third-order valence-corrected chi connectivity index (χ3v) is 3.95. The van der Waals surface area contributed by atoms with Gasteiger partial charge in [-0.3, -0.25) is 0 Å². The van der Waals surface area contributed by atoms with Gasteiger partial charge in [0.25, 0.3) is 0 Å². The van der Waals surface area contributed by atoms with Crippen LogP contribution in [0.3, 0.4) is 0 Å². The Balaban J connectivity index is 1.69. The third kappa shape index (κ3) is 2.76. The van der Waals surface area contributed by atoms with Crippen molar-refractivity contribution in [2.75, 3.05) is 19.8 Å². The van der Waals surface area contributed by atoms with E-state index in [0.29, 0.717) is 6.61 Å². The molecule has 3 rings (SSSR count). The fraction of sp³-hybridized carbons (Fsp3) is 0.600. The topological polar surface area (TPSA) is 47.9 Å². The van der Waals surface area contributed by atoms with Gasteiger partial charge in [-0.2, -0.15) is 0 Å². The maximum atomic E-state index is 9.33. The SMILES string of the molecule is OCc1ccccc1OC1CCOC2(CCOC2)C1. The Bertz CT molecular complexity index is 426. The molecule has 2 unspecified atom stereocenters. The zero-order chi connectivity index (χ0) is 13.1. The minimum atomic E-state index is -0.142. The van der Waals surface area contributed by atoms with Crippen molar-refractivity contribution in [2.24, 2.45) is 0 Å². The van der Waals surface area contributed by atoms with Gasteiger partial charge in [0.1, 0.15) is 11.9 Å². The molecule has 0 radical (unpaired) electrons. The molecule has 1 aromatic carbocycles. The van der Waals surface area contributed by atoms with E-state index in [2.05, 4.69) is 0 Å². The van der Waals surface area contributed by atoms with Crippen molar-refractivity contribution in [2.45, 2.75) is 37.6 Å². The smallest absolute Gasteiger partial charge is 0.125 e. The second-order valence-corrected chi connectivity index (χ2v) is 5.33. The van der Waals surface area contributed by atoms with Crippen molar-refractivity contribution >= 4 is 0 Å². The quantitative estimate of drug-likeness (QED) is 0.905. The first-order valence-corrected chi connectivity index (χ1v) is 6.88. The first-order valence-electron chi connectivity index (χ1n) is 6.88. The molecule has 2 aliphatic heterocycles. The van der Waals surface area contributed by atoms with Crippen molar-refractivity contribution < 1.29 is 19.3 Å². The summed E-state index contributed by atoms with van der Waals surface area (Å²) in [6.07, 6.45) is 2.85. The van der Waals surface area contributed by atoms with Crippen molar-refractivity contribution in [1.82, 2.24) is 0 Å². The van der Waals surface area contributed by atoms with Crippen molar-refractivity contribution in [1.29, 1.82) is 0 Å². The highest BCUT2D eigenvalue weighted by Crippen LogP contribution is 2.35. The lowest BCUT2D eigenvalue weighted by atomic mass is 9.91. The molecule has 0 aliphatic carbocycles. The molecule has 2 fully saturated rings. The van der Waals surface area contributed by atoms with Gasteiger partial charge in [0.05, 0.1) is 25.4 Å². The lowest BCUT2D eigenvalue weighted by Crippen LogP contribution is -2.44. The van der Waals surface area contributed by atoms with Crippen LogP contribution in [0.15, 0.2) is 24.3 Å². The van der Waals surface area contributed by atoms with Crippen molar-refractivity contribution in [3.05, 3.63) is 29.8 Å². The Labute approximate surface area is 113 Å². The highest BCUT2D eigenvalue weighted by atomic mass is 16.6. The lowest BCUT2D eigenvalue weighted by Gasteiger charge is -2.37. The van der Waals surface area contributed by atoms with Gasteiger partial charge in [-0.05, 0) is 6.07 Å². The number of para-hydroxylation sites is 1. The monoisotopic (exact) mass is 264 g/mol. The second-order valence-electron chi connectivity index (χ2n) is 5.33. The van der Waals surface area contributed by atoms with Crippen molar-refractivity contribution in [3.63, 3.8) is 0 Å². The maximum absolute atomic E-state index is 9.33. The van der Waals surface area contributed by atoms with Gasteiger partial charge in [0.15, 0.2) is 0 Å². The molecule has 2 aliphatic rings. The highest BCUT2D eigenvalue weighted by Gasteiger charge is 2.41. The Morgan fingerprint density at radius 2 is 2.21 bits per heavy atom. The molecule has 4 nitrogen and oxygen atoms in total. The fourth-order valence-corrected chi connectivity index (χ4v) is 2.88. The molecule has 19 heavy (non-hydrogen) atoms. The van der Waals surface area contributed by atoms with Gasteiger partial charge in [-0.1, -0.05) is 18.2 Å². The molecule has 1 spiro atoms. The van der Waals surface area contributed by atoms with E-state index >= 15 is 0 Å². The van der Waals surface area contributed by atoms with Crippen LogP contribution in [-0.4, -0.2) is 36.6 Å². The Hall–Kier alpha value is -1.10. The van der Waals surface area contributed by atoms with E-state index in [1.54, 1.807) is 0 Å². The average molecular weight is 264 g/mol. The second kappa shape index (κ2) is 5.49. The number of hydrogen-bond donors (Lipinski definition) is 1. The summed E-state index contributed by atoms with van der Waals surface area (Å²) < 4.78 is 17.4. The largest absolute Gasteiger partial charge is 0.490 e. The first kappa shape index (κ1) is 12.9. The summed E-state index contributed by atoms with van der Waals surface area (Å²) in [6.45, 7) is 2.18. The Morgan fingerprint density at radius 3 is 3.00 bits per heavy atom. The number of aliphatic hydroxyl groups is 1. The van der Waals surface area contributed by atoms with Crippen LogP contribution in [0.5, 0.6) is 5.75 Å². The minimum Gasteiger partial charge on any atom is -0.490 e. The zero-order valence-electron chi connectivity index (χ0n) is 11.0. The number of ether oxygens (including phenoxy) is 3. The molecule has 0 bridgehead atoms. The number of rotatable bonds is 3. The first-order chi connectivity index (χ1) is 9.31. The van der Waals surface area contributed by atoms with Crippen LogP contribution >= 0.6 is 0 Å². The number of hydrogen-bond acceptors (Lipinski definition) is 4. The molecular formula is C15H20O4. The van der Waals surface area contributed by atoms with Crippen LogP contribution in [-0.2, 0) is 16.1 Å². The third-order valence-electron chi connectivity index (χ3n) is 3.95. The normalized spacial score (nSPS) is 30.7. The van der Waals surface area contributed by atoms with Gasteiger partial charge >= 0.3 is 0 Å². The zero-order valence-corrected chi connectivity index (χ0v) is 11.0. The van der Waals surface area contributed by atoms with Gasteiger partial charge in [0.2, 0.25) is 0 Å². The predicted molar refractivity (Wildman–Crippen MR) is 70.1 cm³/mol. The standard InChI is InChI=1S/C15H20O4/c16-10-12-3-1-2-4-14(12)19-13-5-7-18-15(9-13)6-8-17-11-15/h1-4,13,16H,5-11H2. The lowest BCUT2D eigenvalue weighted by molar-refractivity contribution is -0.112. The van der Waals surface area contributed by atoms with Gasteiger partial charge in [0, 0.05) is 31.4 Å². The fourth-order valence-electron chi connectivity index (χ4n) is 2.88. The Kier molecular flexibility index (Phi) is 3.73. The molecule has 1 N–H and O–H groups in total. The summed E-state index contributed by atoms with van der Waals surface area (Å²) in [5.74, 6) is 0.783.